The predicted molar refractivity (Wildman–Crippen MR) is 107 cm³/mol. The van der Waals surface area contributed by atoms with Crippen molar-refractivity contribution in [3.05, 3.63) is 40.0 Å². The normalized spacial score (nSPS) is 14.9. The largest absolute Gasteiger partial charge is 0.353 e. The van der Waals surface area contributed by atoms with Gasteiger partial charge in [-0.15, -0.1) is 21.5 Å². The molecule has 0 radical (unpaired) electrons. The van der Waals surface area contributed by atoms with Crippen molar-refractivity contribution in [2.45, 2.75) is 33.1 Å². The van der Waals surface area contributed by atoms with E-state index in [1.807, 2.05) is 22.4 Å². The molecule has 1 aliphatic rings. The van der Waals surface area contributed by atoms with Gasteiger partial charge in [0.1, 0.15) is 11.6 Å². The molecule has 0 bridgehead atoms. The number of anilines is 1. The van der Waals surface area contributed by atoms with Crippen LogP contribution in [0.4, 0.5) is 5.82 Å². The van der Waals surface area contributed by atoms with Crippen LogP contribution in [0.2, 0.25) is 0 Å². The molecule has 1 aliphatic heterocycles. The Kier molecular flexibility index (Phi) is 5.07. The molecule has 0 atom stereocenters. The van der Waals surface area contributed by atoms with Gasteiger partial charge in [-0.1, -0.05) is 26.3 Å². The maximum atomic E-state index is 12.5. The van der Waals surface area contributed by atoms with E-state index in [4.69, 9.17) is 4.98 Å². The van der Waals surface area contributed by atoms with Crippen LogP contribution in [-0.2, 0) is 12.8 Å². The highest BCUT2D eigenvalue weighted by Gasteiger charge is 2.24. The second-order valence-electron chi connectivity index (χ2n) is 6.72. The molecular weight excluding hydrogens is 360 g/mol. The van der Waals surface area contributed by atoms with Gasteiger partial charge in [-0.2, -0.15) is 4.98 Å². The van der Waals surface area contributed by atoms with Crippen molar-refractivity contribution in [3.8, 4) is 0 Å². The van der Waals surface area contributed by atoms with Gasteiger partial charge >= 0.3 is 0 Å². The zero-order chi connectivity index (χ0) is 18.8. The fourth-order valence-corrected chi connectivity index (χ4v) is 4.24. The van der Waals surface area contributed by atoms with Gasteiger partial charge in [-0.25, -0.2) is 0 Å². The molecule has 0 N–H and O–H groups in total. The van der Waals surface area contributed by atoms with Gasteiger partial charge in [0, 0.05) is 44.4 Å². The molecule has 1 fully saturated rings. The number of rotatable bonds is 5. The third-order valence-corrected chi connectivity index (χ3v) is 5.81. The first-order valence-corrected chi connectivity index (χ1v) is 10.4. The number of aryl methyl sites for hydroxylation is 2. The Labute approximate surface area is 162 Å². The number of hydrogen-bond donors (Lipinski definition) is 0. The molecule has 1 amide bonds. The molecular formula is C19H24N6OS. The number of carbonyl (C=O) groups is 1. The van der Waals surface area contributed by atoms with E-state index in [9.17, 15) is 4.79 Å². The summed E-state index contributed by atoms with van der Waals surface area (Å²) < 4.78 is 2.09. The Morgan fingerprint density at radius 1 is 1.19 bits per heavy atom. The summed E-state index contributed by atoms with van der Waals surface area (Å²) in [7, 11) is 0. The lowest BCUT2D eigenvalue weighted by molar-refractivity contribution is 0.0751. The number of thiophene rings is 1. The number of piperazine rings is 1. The van der Waals surface area contributed by atoms with E-state index in [2.05, 4.69) is 39.4 Å². The second kappa shape index (κ2) is 7.64. The molecule has 0 unspecified atom stereocenters. The van der Waals surface area contributed by atoms with Crippen LogP contribution >= 0.6 is 11.3 Å². The molecule has 3 aromatic heterocycles. The third kappa shape index (κ3) is 3.41. The average Bonchev–Trinajstić information content (AvgIpc) is 3.37. The lowest BCUT2D eigenvalue weighted by atomic mass is 10.2. The zero-order valence-electron chi connectivity index (χ0n) is 15.8. The van der Waals surface area contributed by atoms with Crippen LogP contribution in [0.25, 0.3) is 5.78 Å². The molecule has 4 heterocycles. The summed E-state index contributed by atoms with van der Waals surface area (Å²) in [5.74, 6) is 2.69. The minimum Gasteiger partial charge on any atom is -0.353 e. The summed E-state index contributed by atoms with van der Waals surface area (Å²) in [5, 5.41) is 10.5. The Morgan fingerprint density at radius 3 is 2.67 bits per heavy atom. The van der Waals surface area contributed by atoms with Gasteiger partial charge in [0.2, 0.25) is 0 Å². The van der Waals surface area contributed by atoms with E-state index in [-0.39, 0.29) is 5.91 Å². The zero-order valence-corrected chi connectivity index (χ0v) is 16.6. The summed E-state index contributed by atoms with van der Waals surface area (Å²) in [6, 6.07) is 5.98. The van der Waals surface area contributed by atoms with Crippen molar-refractivity contribution in [2.24, 2.45) is 0 Å². The van der Waals surface area contributed by atoms with Gasteiger partial charge in [-0.05, 0) is 17.9 Å². The Hall–Kier alpha value is -2.48. The molecule has 27 heavy (non-hydrogen) atoms. The maximum Gasteiger partial charge on any atom is 0.264 e. The minimum absolute atomic E-state index is 0.129. The highest BCUT2D eigenvalue weighted by atomic mass is 32.1. The molecule has 142 valence electrons. The van der Waals surface area contributed by atoms with Crippen molar-refractivity contribution in [2.75, 3.05) is 31.1 Å². The molecule has 0 spiro atoms. The van der Waals surface area contributed by atoms with Gasteiger partial charge in [0.15, 0.2) is 0 Å². The summed E-state index contributed by atoms with van der Waals surface area (Å²) in [4.78, 5) is 22.3. The fraction of sp³-hybridized carbons (Fsp3) is 0.474. The molecule has 3 aromatic rings. The lowest BCUT2D eigenvalue weighted by Crippen LogP contribution is -2.49. The quantitative estimate of drug-likeness (QED) is 0.677. The number of carbonyl (C=O) groups excluding carboxylic acids is 1. The first-order valence-electron chi connectivity index (χ1n) is 9.53. The summed E-state index contributed by atoms with van der Waals surface area (Å²) in [6.07, 6.45) is 2.86. The Morgan fingerprint density at radius 2 is 2.00 bits per heavy atom. The van der Waals surface area contributed by atoms with E-state index >= 15 is 0 Å². The SMILES string of the molecule is CCCc1cc(N2CCN(C(=O)c3cccs3)CC2)nc2nnc(CC)n12. The van der Waals surface area contributed by atoms with E-state index in [0.717, 1.165) is 48.9 Å². The Balaban J connectivity index is 1.54. The van der Waals surface area contributed by atoms with E-state index in [1.54, 1.807) is 0 Å². The number of amides is 1. The van der Waals surface area contributed by atoms with Gasteiger partial charge in [0.25, 0.3) is 11.7 Å². The smallest absolute Gasteiger partial charge is 0.264 e. The highest BCUT2D eigenvalue weighted by molar-refractivity contribution is 7.12. The monoisotopic (exact) mass is 384 g/mol. The van der Waals surface area contributed by atoms with Crippen LogP contribution in [0.1, 0.15) is 41.5 Å². The molecule has 7 nitrogen and oxygen atoms in total. The average molecular weight is 385 g/mol. The van der Waals surface area contributed by atoms with E-state index < -0.39 is 0 Å². The molecule has 0 aromatic carbocycles. The molecule has 1 saturated heterocycles. The van der Waals surface area contributed by atoms with Crippen LogP contribution in [0.15, 0.2) is 23.6 Å². The van der Waals surface area contributed by atoms with Crippen molar-refractivity contribution in [1.29, 1.82) is 0 Å². The molecule has 8 heteroatoms. The first kappa shape index (κ1) is 17.9. The number of aromatic nitrogens is 4. The standard InChI is InChI=1S/C19H24N6OS/c1-3-6-14-13-17(20-19-22-21-16(4-2)25(14)19)23-8-10-24(11-9-23)18(26)15-7-5-12-27-15/h5,7,12-13H,3-4,6,8-11H2,1-2H3. The summed E-state index contributed by atoms with van der Waals surface area (Å²) >= 11 is 1.50. The lowest BCUT2D eigenvalue weighted by Gasteiger charge is -2.35. The van der Waals surface area contributed by atoms with Crippen LogP contribution in [0.3, 0.4) is 0 Å². The van der Waals surface area contributed by atoms with Crippen molar-refractivity contribution in [1.82, 2.24) is 24.5 Å². The Bertz CT molecular complexity index is 927. The maximum absolute atomic E-state index is 12.5. The van der Waals surface area contributed by atoms with Crippen LogP contribution in [-0.4, -0.2) is 56.6 Å². The van der Waals surface area contributed by atoms with Crippen LogP contribution < -0.4 is 4.90 Å². The number of fused-ring (bicyclic) bond motifs is 1. The van der Waals surface area contributed by atoms with Crippen LogP contribution in [0.5, 0.6) is 0 Å². The number of nitrogens with zero attached hydrogens (tertiary/aromatic N) is 6. The van der Waals surface area contributed by atoms with Gasteiger partial charge in [-0.3, -0.25) is 9.20 Å². The van der Waals surface area contributed by atoms with Crippen molar-refractivity contribution >= 4 is 28.8 Å². The molecule has 4 rings (SSSR count). The minimum atomic E-state index is 0.129. The van der Waals surface area contributed by atoms with Crippen molar-refractivity contribution in [3.63, 3.8) is 0 Å². The van der Waals surface area contributed by atoms with Gasteiger partial charge < -0.3 is 9.80 Å². The number of hydrogen-bond acceptors (Lipinski definition) is 6. The first-order chi connectivity index (χ1) is 13.2. The third-order valence-electron chi connectivity index (χ3n) is 4.96. The van der Waals surface area contributed by atoms with Crippen molar-refractivity contribution < 1.29 is 4.79 Å². The fourth-order valence-electron chi connectivity index (χ4n) is 3.55. The second-order valence-corrected chi connectivity index (χ2v) is 7.67. The van der Waals surface area contributed by atoms with E-state index in [0.29, 0.717) is 18.9 Å². The summed E-state index contributed by atoms with van der Waals surface area (Å²) in [5.41, 5.74) is 1.21. The van der Waals surface area contributed by atoms with E-state index in [1.165, 1.54) is 17.0 Å². The topological polar surface area (TPSA) is 66.6 Å². The predicted octanol–water partition coefficient (Wildman–Crippen LogP) is 2.66. The van der Waals surface area contributed by atoms with Gasteiger partial charge in [0.05, 0.1) is 4.88 Å². The summed E-state index contributed by atoms with van der Waals surface area (Å²) in [6.45, 7) is 7.24. The van der Waals surface area contributed by atoms with Crippen LogP contribution in [0, 0.1) is 0 Å². The highest BCUT2D eigenvalue weighted by Crippen LogP contribution is 2.21. The molecule has 0 aliphatic carbocycles. The molecule has 0 saturated carbocycles.